The molecule has 0 spiro atoms. The van der Waals surface area contributed by atoms with Crippen molar-refractivity contribution in [3.63, 3.8) is 0 Å². The molecule has 0 saturated carbocycles. The fourth-order valence-corrected chi connectivity index (χ4v) is 4.62. The van der Waals surface area contributed by atoms with E-state index in [4.69, 9.17) is 0 Å². The van der Waals surface area contributed by atoms with Gasteiger partial charge in [-0.15, -0.1) is 0 Å². The minimum absolute atomic E-state index is 0.0217. The molecule has 2 aromatic carbocycles. The summed E-state index contributed by atoms with van der Waals surface area (Å²) in [5.74, 6) is 0.0217. The van der Waals surface area contributed by atoms with Crippen LogP contribution in [0.5, 0.6) is 0 Å². The lowest BCUT2D eigenvalue weighted by atomic mass is 9.99. The van der Waals surface area contributed by atoms with Crippen LogP contribution in [0.2, 0.25) is 0 Å². The Labute approximate surface area is 157 Å². The number of pyridine rings is 1. The maximum absolute atomic E-state index is 12.9. The SMILES string of the molecule is CC(=O)N1CCc2ccc(NS(=O)(=O)c3cccc4cccnc34)cc2C1. The molecule has 138 valence electrons. The predicted molar refractivity (Wildman–Crippen MR) is 104 cm³/mol. The smallest absolute Gasteiger partial charge is 0.264 e. The zero-order valence-corrected chi connectivity index (χ0v) is 15.7. The summed E-state index contributed by atoms with van der Waals surface area (Å²) < 4.78 is 28.5. The number of nitrogens with one attached hydrogen (secondary N) is 1. The van der Waals surface area contributed by atoms with Gasteiger partial charge in [0.05, 0.1) is 5.52 Å². The van der Waals surface area contributed by atoms with Crippen molar-refractivity contribution in [2.45, 2.75) is 24.8 Å². The van der Waals surface area contributed by atoms with Gasteiger partial charge in [-0.3, -0.25) is 14.5 Å². The van der Waals surface area contributed by atoms with Gasteiger partial charge in [0.25, 0.3) is 10.0 Å². The third-order valence-corrected chi connectivity index (χ3v) is 6.21. The molecule has 4 rings (SSSR count). The second-order valence-electron chi connectivity index (χ2n) is 6.61. The minimum atomic E-state index is -3.79. The van der Waals surface area contributed by atoms with E-state index in [9.17, 15) is 13.2 Å². The molecule has 0 bridgehead atoms. The first-order chi connectivity index (χ1) is 12.9. The standard InChI is InChI=1S/C20H19N3O3S/c1-14(24)23-11-9-15-7-8-18(12-17(15)13-23)22-27(25,26)19-6-2-4-16-5-3-10-21-20(16)19/h2-8,10,12,22H,9,11,13H2,1H3. The van der Waals surface area contributed by atoms with Crippen molar-refractivity contribution in [3.8, 4) is 0 Å². The quantitative estimate of drug-likeness (QED) is 0.756. The van der Waals surface area contributed by atoms with E-state index >= 15 is 0 Å². The normalized spacial score (nSPS) is 14.0. The Balaban J connectivity index is 1.67. The Kier molecular flexibility index (Phi) is 4.31. The highest BCUT2D eigenvalue weighted by molar-refractivity contribution is 7.93. The summed E-state index contributed by atoms with van der Waals surface area (Å²) in [4.78, 5) is 17.8. The van der Waals surface area contributed by atoms with Gasteiger partial charge in [-0.05, 0) is 41.8 Å². The molecule has 0 fully saturated rings. The van der Waals surface area contributed by atoms with Crippen LogP contribution in [0.3, 0.4) is 0 Å². The first-order valence-electron chi connectivity index (χ1n) is 8.68. The van der Waals surface area contributed by atoms with Crippen molar-refractivity contribution in [1.29, 1.82) is 0 Å². The summed E-state index contributed by atoms with van der Waals surface area (Å²) in [6.07, 6.45) is 2.35. The molecular formula is C20H19N3O3S. The summed E-state index contributed by atoms with van der Waals surface area (Å²) in [5, 5.41) is 0.767. The highest BCUT2D eigenvalue weighted by Gasteiger charge is 2.21. The van der Waals surface area contributed by atoms with Crippen LogP contribution in [0.25, 0.3) is 10.9 Å². The van der Waals surface area contributed by atoms with E-state index < -0.39 is 10.0 Å². The number of anilines is 1. The summed E-state index contributed by atoms with van der Waals surface area (Å²) >= 11 is 0. The maximum atomic E-state index is 12.9. The molecule has 27 heavy (non-hydrogen) atoms. The van der Waals surface area contributed by atoms with Crippen LogP contribution in [0.4, 0.5) is 5.69 Å². The van der Waals surface area contributed by atoms with Gasteiger partial charge in [-0.25, -0.2) is 8.42 Å². The molecule has 0 unspecified atom stereocenters. The number of benzene rings is 2. The van der Waals surface area contributed by atoms with E-state index in [2.05, 4.69) is 9.71 Å². The number of sulfonamides is 1. The van der Waals surface area contributed by atoms with E-state index in [0.29, 0.717) is 24.3 Å². The maximum Gasteiger partial charge on any atom is 0.264 e. The number of nitrogens with zero attached hydrogens (tertiary/aromatic N) is 2. The lowest BCUT2D eigenvalue weighted by Gasteiger charge is -2.28. The highest BCUT2D eigenvalue weighted by Crippen LogP contribution is 2.26. The summed E-state index contributed by atoms with van der Waals surface area (Å²) in [6.45, 7) is 2.73. The van der Waals surface area contributed by atoms with E-state index in [1.165, 1.54) is 0 Å². The highest BCUT2D eigenvalue weighted by atomic mass is 32.2. The zero-order chi connectivity index (χ0) is 19.0. The fraction of sp³-hybridized carbons (Fsp3) is 0.200. The molecule has 0 aliphatic carbocycles. The molecule has 0 atom stereocenters. The average molecular weight is 381 g/mol. The van der Waals surface area contributed by atoms with Gasteiger partial charge in [0.15, 0.2) is 0 Å². The van der Waals surface area contributed by atoms with E-state index in [-0.39, 0.29) is 10.8 Å². The van der Waals surface area contributed by atoms with Gasteiger partial charge >= 0.3 is 0 Å². The van der Waals surface area contributed by atoms with Crippen molar-refractivity contribution >= 4 is 32.5 Å². The molecule has 1 amide bonds. The minimum Gasteiger partial charge on any atom is -0.338 e. The molecule has 6 nitrogen and oxygen atoms in total. The number of hydrogen-bond acceptors (Lipinski definition) is 4. The molecular weight excluding hydrogens is 362 g/mol. The molecule has 0 radical (unpaired) electrons. The Bertz CT molecular complexity index is 1140. The lowest BCUT2D eigenvalue weighted by molar-refractivity contribution is -0.129. The summed E-state index contributed by atoms with van der Waals surface area (Å²) in [5.41, 5.74) is 3.02. The van der Waals surface area contributed by atoms with Crippen LogP contribution >= 0.6 is 0 Å². The van der Waals surface area contributed by atoms with E-state index in [1.54, 1.807) is 48.4 Å². The third-order valence-electron chi connectivity index (χ3n) is 4.80. The number of aromatic nitrogens is 1. The summed E-state index contributed by atoms with van der Waals surface area (Å²) in [7, 11) is -3.79. The van der Waals surface area contributed by atoms with Crippen molar-refractivity contribution in [2.24, 2.45) is 0 Å². The second kappa shape index (κ2) is 6.66. The largest absolute Gasteiger partial charge is 0.338 e. The molecule has 1 N–H and O–H groups in total. The topological polar surface area (TPSA) is 79.4 Å². The molecule has 1 aromatic heterocycles. The van der Waals surface area contributed by atoms with Crippen molar-refractivity contribution in [3.05, 3.63) is 65.9 Å². The van der Waals surface area contributed by atoms with Gasteiger partial charge in [-0.2, -0.15) is 0 Å². The monoisotopic (exact) mass is 381 g/mol. The first-order valence-corrected chi connectivity index (χ1v) is 10.2. The number of amides is 1. The molecule has 0 saturated heterocycles. The van der Waals surface area contributed by atoms with E-state index in [0.717, 1.165) is 22.9 Å². The number of rotatable bonds is 3. The molecule has 3 aromatic rings. The van der Waals surface area contributed by atoms with Crippen LogP contribution in [0.1, 0.15) is 18.1 Å². The number of fused-ring (bicyclic) bond motifs is 2. The summed E-state index contributed by atoms with van der Waals surface area (Å²) in [6, 6.07) is 14.2. The number of carbonyl (C=O) groups excluding carboxylic acids is 1. The van der Waals surface area contributed by atoms with Gasteiger partial charge in [0, 0.05) is 37.3 Å². The third kappa shape index (κ3) is 3.38. The molecule has 2 heterocycles. The second-order valence-corrected chi connectivity index (χ2v) is 8.26. The number of hydrogen-bond donors (Lipinski definition) is 1. The Morgan fingerprint density at radius 1 is 1.11 bits per heavy atom. The number of para-hydroxylation sites is 1. The predicted octanol–water partition coefficient (Wildman–Crippen LogP) is 2.94. The Morgan fingerprint density at radius 2 is 1.93 bits per heavy atom. The molecule has 1 aliphatic heterocycles. The average Bonchev–Trinajstić information content (AvgIpc) is 2.66. The van der Waals surface area contributed by atoms with Crippen molar-refractivity contribution < 1.29 is 13.2 Å². The first kappa shape index (κ1) is 17.5. The van der Waals surface area contributed by atoms with Crippen molar-refractivity contribution in [2.75, 3.05) is 11.3 Å². The number of carbonyl (C=O) groups is 1. The van der Waals surface area contributed by atoms with Crippen LogP contribution in [0, 0.1) is 0 Å². The van der Waals surface area contributed by atoms with Gasteiger partial charge in [0.2, 0.25) is 5.91 Å². The lowest BCUT2D eigenvalue weighted by Crippen LogP contribution is -2.34. The van der Waals surface area contributed by atoms with Crippen LogP contribution in [-0.2, 0) is 27.8 Å². The Hall–Kier alpha value is -2.93. The van der Waals surface area contributed by atoms with Crippen LogP contribution < -0.4 is 4.72 Å². The van der Waals surface area contributed by atoms with Gasteiger partial charge in [0.1, 0.15) is 4.90 Å². The van der Waals surface area contributed by atoms with E-state index in [1.807, 2.05) is 18.2 Å². The molecule has 1 aliphatic rings. The van der Waals surface area contributed by atoms with Crippen molar-refractivity contribution in [1.82, 2.24) is 9.88 Å². The fourth-order valence-electron chi connectivity index (χ4n) is 3.39. The zero-order valence-electron chi connectivity index (χ0n) is 14.8. The van der Waals surface area contributed by atoms with Crippen LogP contribution in [-0.4, -0.2) is 30.8 Å². The molecule has 7 heteroatoms. The van der Waals surface area contributed by atoms with Crippen LogP contribution in [0.15, 0.2) is 59.6 Å². The van der Waals surface area contributed by atoms with Gasteiger partial charge < -0.3 is 4.90 Å². The van der Waals surface area contributed by atoms with Gasteiger partial charge in [-0.1, -0.05) is 24.3 Å². The Morgan fingerprint density at radius 3 is 2.74 bits per heavy atom.